The van der Waals surface area contributed by atoms with Crippen LogP contribution in [0.2, 0.25) is 0 Å². The van der Waals surface area contributed by atoms with E-state index in [4.69, 9.17) is 0 Å². The first-order chi connectivity index (χ1) is 18.6. The smallest absolute Gasteiger partial charge is 0.0517 e. The average molecular weight is 513 g/mol. The molecule has 2 nitrogen and oxygen atoms in total. The van der Waals surface area contributed by atoms with Crippen LogP contribution in [0.4, 0.5) is 17.1 Å². The first kappa shape index (κ1) is 24.5. The first-order valence-electron chi connectivity index (χ1n) is 14.6. The van der Waals surface area contributed by atoms with E-state index in [0.717, 1.165) is 0 Å². The molecular weight excluding hydrogens is 472 g/mol. The summed E-state index contributed by atoms with van der Waals surface area (Å²) in [5.41, 5.74) is 14.0. The highest BCUT2D eigenvalue weighted by Crippen LogP contribution is 2.61. The van der Waals surface area contributed by atoms with Gasteiger partial charge in [0.15, 0.2) is 0 Å². The molecule has 2 atom stereocenters. The normalized spacial score (nSPS) is 24.1. The summed E-state index contributed by atoms with van der Waals surface area (Å²) < 4.78 is 0. The molecule has 0 radical (unpaired) electrons. The molecule has 4 aromatic rings. The van der Waals surface area contributed by atoms with Crippen LogP contribution in [0.5, 0.6) is 0 Å². The van der Waals surface area contributed by atoms with Crippen LogP contribution in [-0.2, 0) is 10.8 Å². The summed E-state index contributed by atoms with van der Waals surface area (Å²) in [6.07, 6.45) is 5.04. The molecule has 7 rings (SSSR count). The second-order valence-corrected chi connectivity index (χ2v) is 13.2. The molecule has 1 aliphatic heterocycles. The number of hydrogen-bond acceptors (Lipinski definition) is 2. The van der Waals surface area contributed by atoms with Gasteiger partial charge in [-0.3, -0.25) is 0 Å². The van der Waals surface area contributed by atoms with Gasteiger partial charge in [0.25, 0.3) is 0 Å². The fourth-order valence-electron chi connectivity index (χ4n) is 8.10. The molecule has 2 unspecified atom stereocenters. The van der Waals surface area contributed by atoms with Gasteiger partial charge < -0.3 is 9.80 Å². The van der Waals surface area contributed by atoms with Crippen LogP contribution < -0.4 is 9.80 Å². The Labute approximate surface area is 234 Å². The summed E-state index contributed by atoms with van der Waals surface area (Å²) in [5, 5.41) is 0. The highest BCUT2D eigenvalue weighted by Gasteiger charge is 2.57. The van der Waals surface area contributed by atoms with Gasteiger partial charge in [0.05, 0.1) is 5.54 Å². The molecular formula is C37H40N2. The predicted molar refractivity (Wildman–Crippen MR) is 167 cm³/mol. The van der Waals surface area contributed by atoms with Crippen LogP contribution in [-0.4, -0.2) is 19.6 Å². The quantitative estimate of drug-likeness (QED) is 0.270. The summed E-state index contributed by atoms with van der Waals surface area (Å²) in [7, 11) is 4.22. The van der Waals surface area contributed by atoms with Crippen molar-refractivity contribution in [1.82, 2.24) is 0 Å². The molecule has 1 fully saturated rings. The Morgan fingerprint density at radius 1 is 0.641 bits per heavy atom. The second kappa shape index (κ2) is 8.24. The molecule has 3 aliphatic rings. The molecule has 2 heteroatoms. The molecule has 198 valence electrons. The van der Waals surface area contributed by atoms with Crippen molar-refractivity contribution < 1.29 is 0 Å². The summed E-state index contributed by atoms with van der Waals surface area (Å²) in [6, 6.07) is 32.5. The van der Waals surface area contributed by atoms with Crippen molar-refractivity contribution in [3.63, 3.8) is 0 Å². The SMILES string of the molecule is CN(C)c1ccc(N2c3ccc(-c4ccc5c(c4)C(C)(C)c4ccccc4-5)cc3C3(C)CCCCC23C)cc1. The number of anilines is 3. The Morgan fingerprint density at radius 2 is 1.28 bits per heavy atom. The molecule has 0 N–H and O–H groups in total. The van der Waals surface area contributed by atoms with Gasteiger partial charge in [0, 0.05) is 42.0 Å². The van der Waals surface area contributed by atoms with Crippen molar-refractivity contribution in [2.45, 2.75) is 69.7 Å². The zero-order valence-electron chi connectivity index (χ0n) is 24.3. The van der Waals surface area contributed by atoms with Crippen LogP contribution in [0.1, 0.15) is 70.1 Å². The third kappa shape index (κ3) is 3.27. The molecule has 2 aliphatic carbocycles. The van der Waals surface area contributed by atoms with Gasteiger partial charge in [0.1, 0.15) is 0 Å². The van der Waals surface area contributed by atoms with Gasteiger partial charge in [-0.05, 0) is 101 Å². The first-order valence-corrected chi connectivity index (χ1v) is 14.6. The van der Waals surface area contributed by atoms with Crippen molar-refractivity contribution in [2.75, 3.05) is 23.9 Å². The van der Waals surface area contributed by atoms with E-state index in [2.05, 4.69) is 137 Å². The van der Waals surface area contributed by atoms with Crippen LogP contribution in [0, 0.1) is 0 Å². The average Bonchev–Trinajstić information content (AvgIpc) is 3.30. The van der Waals surface area contributed by atoms with Gasteiger partial charge in [-0.25, -0.2) is 0 Å². The van der Waals surface area contributed by atoms with E-state index in [1.54, 1.807) is 0 Å². The number of hydrogen-bond donors (Lipinski definition) is 0. The third-order valence-corrected chi connectivity index (χ3v) is 10.6. The lowest BCUT2D eigenvalue weighted by atomic mass is 9.61. The molecule has 0 spiro atoms. The molecule has 0 amide bonds. The number of benzene rings is 4. The van der Waals surface area contributed by atoms with E-state index < -0.39 is 0 Å². The largest absolute Gasteiger partial charge is 0.378 e. The van der Waals surface area contributed by atoms with Crippen molar-refractivity contribution >= 4 is 17.1 Å². The summed E-state index contributed by atoms with van der Waals surface area (Å²) >= 11 is 0. The zero-order chi connectivity index (χ0) is 27.2. The summed E-state index contributed by atoms with van der Waals surface area (Å²) in [5.74, 6) is 0. The third-order valence-electron chi connectivity index (χ3n) is 10.6. The van der Waals surface area contributed by atoms with Gasteiger partial charge in [0.2, 0.25) is 0 Å². The summed E-state index contributed by atoms with van der Waals surface area (Å²) in [4.78, 5) is 4.85. The maximum Gasteiger partial charge on any atom is 0.0517 e. The zero-order valence-corrected chi connectivity index (χ0v) is 24.3. The number of rotatable bonds is 3. The Hall–Kier alpha value is -3.52. The Balaban J connectivity index is 1.35. The van der Waals surface area contributed by atoms with Crippen LogP contribution in [0.3, 0.4) is 0 Å². The van der Waals surface area contributed by atoms with Crippen molar-refractivity contribution in [2.24, 2.45) is 0 Å². The highest BCUT2D eigenvalue weighted by molar-refractivity contribution is 5.85. The van der Waals surface area contributed by atoms with Gasteiger partial charge in [-0.2, -0.15) is 0 Å². The lowest BCUT2D eigenvalue weighted by molar-refractivity contribution is 0.195. The molecule has 0 aromatic heterocycles. The fraction of sp³-hybridized carbons (Fsp3) is 0.351. The Morgan fingerprint density at radius 3 is 2.03 bits per heavy atom. The summed E-state index contributed by atoms with van der Waals surface area (Å²) in [6.45, 7) is 9.79. The monoisotopic (exact) mass is 512 g/mol. The minimum absolute atomic E-state index is 0.0160. The van der Waals surface area contributed by atoms with Gasteiger partial charge >= 0.3 is 0 Å². The van der Waals surface area contributed by atoms with E-state index in [-0.39, 0.29) is 16.4 Å². The number of fused-ring (bicyclic) bond motifs is 6. The lowest BCUT2D eigenvalue weighted by Gasteiger charge is -2.50. The topological polar surface area (TPSA) is 6.48 Å². The molecule has 1 heterocycles. The molecule has 39 heavy (non-hydrogen) atoms. The molecule has 0 saturated heterocycles. The lowest BCUT2D eigenvalue weighted by Crippen LogP contribution is -2.54. The van der Waals surface area contributed by atoms with E-state index in [0.29, 0.717) is 0 Å². The van der Waals surface area contributed by atoms with Crippen LogP contribution in [0.15, 0.2) is 84.9 Å². The minimum atomic E-state index is 0.0160. The van der Waals surface area contributed by atoms with Crippen molar-refractivity contribution in [1.29, 1.82) is 0 Å². The van der Waals surface area contributed by atoms with Crippen molar-refractivity contribution in [3.8, 4) is 22.3 Å². The van der Waals surface area contributed by atoms with E-state index in [1.165, 1.54) is 81.7 Å². The minimum Gasteiger partial charge on any atom is -0.378 e. The van der Waals surface area contributed by atoms with Crippen molar-refractivity contribution in [3.05, 3.63) is 102 Å². The van der Waals surface area contributed by atoms with Gasteiger partial charge in [-0.1, -0.05) is 76.1 Å². The molecule has 4 aromatic carbocycles. The standard InChI is InChI=1S/C37H40N2/c1-35(2)31-12-8-7-11-29(31)30-19-13-25(23-32(30)35)26-14-20-34-33(24-26)36(3)21-9-10-22-37(36,4)39(34)28-17-15-27(16-18-28)38(5)6/h7-8,11-20,23-24H,9-10,21-22H2,1-6H3. The Kier molecular flexibility index (Phi) is 5.18. The maximum atomic E-state index is 2.67. The van der Waals surface area contributed by atoms with Crippen LogP contribution >= 0.6 is 0 Å². The van der Waals surface area contributed by atoms with E-state index in [1.807, 2.05) is 0 Å². The predicted octanol–water partition coefficient (Wildman–Crippen LogP) is 9.47. The highest BCUT2D eigenvalue weighted by atomic mass is 15.3. The molecule has 0 bridgehead atoms. The van der Waals surface area contributed by atoms with Crippen LogP contribution in [0.25, 0.3) is 22.3 Å². The van der Waals surface area contributed by atoms with E-state index >= 15 is 0 Å². The fourth-order valence-corrected chi connectivity index (χ4v) is 8.10. The maximum absolute atomic E-state index is 2.67. The number of nitrogens with zero attached hydrogens (tertiary/aromatic N) is 2. The Bertz CT molecular complexity index is 1590. The van der Waals surface area contributed by atoms with Gasteiger partial charge in [-0.15, -0.1) is 0 Å². The second-order valence-electron chi connectivity index (χ2n) is 13.2. The van der Waals surface area contributed by atoms with E-state index in [9.17, 15) is 0 Å². The molecule has 1 saturated carbocycles.